The van der Waals surface area contributed by atoms with Crippen LogP contribution in [-0.2, 0) is 11.3 Å². The molecular weight excluding hydrogens is 372 g/mol. The molecule has 1 saturated heterocycles. The van der Waals surface area contributed by atoms with E-state index in [1.807, 2.05) is 24.5 Å². The maximum atomic E-state index is 5.50. The Kier molecular flexibility index (Phi) is 4.59. The normalized spacial score (nSPS) is 16.0. The van der Waals surface area contributed by atoms with Gasteiger partial charge in [-0.3, -0.25) is 0 Å². The minimum atomic E-state index is 0.258. The van der Waals surface area contributed by atoms with E-state index in [0.717, 1.165) is 47.1 Å². The van der Waals surface area contributed by atoms with Crippen LogP contribution in [0.5, 0.6) is 11.5 Å². The molecule has 0 aliphatic carbocycles. The lowest BCUT2D eigenvalue weighted by atomic mass is 10.2. The second kappa shape index (κ2) is 7.40. The highest BCUT2D eigenvalue weighted by molar-refractivity contribution is 5.85. The van der Waals surface area contributed by atoms with Gasteiger partial charge in [0.1, 0.15) is 0 Å². The molecule has 0 unspecified atom stereocenters. The van der Waals surface area contributed by atoms with Gasteiger partial charge in [0.25, 0.3) is 0 Å². The maximum absolute atomic E-state index is 5.50. The van der Waals surface area contributed by atoms with Crippen LogP contribution in [0.2, 0.25) is 0 Å². The first-order valence-electron chi connectivity index (χ1n) is 9.89. The van der Waals surface area contributed by atoms with E-state index in [-0.39, 0.29) is 12.8 Å². The van der Waals surface area contributed by atoms with E-state index < -0.39 is 0 Å². The Morgan fingerprint density at radius 3 is 2.76 bits per heavy atom. The molecule has 1 aromatic carbocycles. The molecule has 0 bridgehead atoms. The lowest BCUT2D eigenvalue weighted by Crippen LogP contribution is -2.37. The van der Waals surface area contributed by atoms with Crippen molar-refractivity contribution < 1.29 is 14.2 Å². The van der Waals surface area contributed by atoms with Crippen molar-refractivity contribution in [3.63, 3.8) is 0 Å². The van der Waals surface area contributed by atoms with Crippen molar-refractivity contribution in [2.45, 2.75) is 26.4 Å². The van der Waals surface area contributed by atoms with Crippen LogP contribution in [0.25, 0.3) is 11.2 Å². The van der Waals surface area contributed by atoms with Gasteiger partial charge in [-0.1, -0.05) is 6.07 Å². The molecule has 0 saturated carbocycles. The topological polar surface area (TPSA) is 86.6 Å². The van der Waals surface area contributed by atoms with E-state index >= 15 is 0 Å². The summed E-state index contributed by atoms with van der Waals surface area (Å²) in [6, 6.07) is 6.18. The number of ether oxygens (including phenoxy) is 3. The minimum absolute atomic E-state index is 0.258. The number of aromatic nitrogens is 4. The van der Waals surface area contributed by atoms with Gasteiger partial charge in [-0.25, -0.2) is 4.98 Å². The van der Waals surface area contributed by atoms with Crippen LogP contribution in [-0.4, -0.2) is 52.6 Å². The number of nitrogens with zero attached hydrogens (tertiary/aromatic N) is 5. The number of hydrogen-bond acceptors (Lipinski definition) is 8. The molecule has 1 fully saturated rings. The lowest BCUT2D eigenvalue weighted by Gasteiger charge is -2.28. The summed E-state index contributed by atoms with van der Waals surface area (Å²) >= 11 is 0. The van der Waals surface area contributed by atoms with Crippen LogP contribution in [0, 0.1) is 0 Å². The van der Waals surface area contributed by atoms with Crippen LogP contribution in [0.3, 0.4) is 0 Å². The van der Waals surface area contributed by atoms with E-state index in [1.165, 1.54) is 0 Å². The number of nitrogens with one attached hydrogen (secondary N) is 1. The van der Waals surface area contributed by atoms with Crippen molar-refractivity contribution in [3.8, 4) is 11.5 Å². The van der Waals surface area contributed by atoms with Gasteiger partial charge < -0.3 is 29.0 Å². The van der Waals surface area contributed by atoms with Gasteiger partial charge in [-0.2, -0.15) is 9.97 Å². The molecule has 152 valence electrons. The minimum Gasteiger partial charge on any atom is -0.454 e. The molecule has 0 amide bonds. The molecule has 29 heavy (non-hydrogen) atoms. The average Bonchev–Trinajstić information content (AvgIpc) is 3.38. The summed E-state index contributed by atoms with van der Waals surface area (Å²) in [7, 11) is 0. The molecule has 5 rings (SSSR count). The van der Waals surface area contributed by atoms with Gasteiger partial charge >= 0.3 is 0 Å². The molecule has 2 aromatic heterocycles. The number of hydrogen-bond donors (Lipinski definition) is 1. The van der Waals surface area contributed by atoms with Crippen LogP contribution < -0.4 is 19.7 Å². The monoisotopic (exact) mass is 396 g/mol. The predicted molar refractivity (Wildman–Crippen MR) is 109 cm³/mol. The van der Waals surface area contributed by atoms with E-state index in [4.69, 9.17) is 24.2 Å². The van der Waals surface area contributed by atoms with Gasteiger partial charge in [-0.05, 0) is 31.5 Å². The molecule has 9 heteroatoms. The zero-order valence-corrected chi connectivity index (χ0v) is 16.6. The van der Waals surface area contributed by atoms with Gasteiger partial charge in [0, 0.05) is 25.7 Å². The Hall–Kier alpha value is -3.07. The van der Waals surface area contributed by atoms with Gasteiger partial charge in [0.15, 0.2) is 28.5 Å². The molecule has 9 nitrogen and oxygen atoms in total. The molecule has 0 atom stereocenters. The fourth-order valence-electron chi connectivity index (χ4n) is 3.59. The number of rotatable bonds is 5. The number of anilines is 2. The summed E-state index contributed by atoms with van der Waals surface area (Å²) < 4.78 is 18.4. The first kappa shape index (κ1) is 18.0. The fourth-order valence-corrected chi connectivity index (χ4v) is 3.59. The molecule has 3 aromatic rings. The standard InChI is InChI=1S/C20H24N6O3/c1-13(2)26-11-22-17-18(25-5-7-27-8-6-25)23-20(24-19(17)26)21-10-14-3-4-15-16(9-14)29-12-28-15/h3-4,9,11,13H,5-8,10,12H2,1-2H3,(H,21,23,24). The lowest BCUT2D eigenvalue weighted by molar-refractivity contribution is 0.122. The van der Waals surface area contributed by atoms with Crippen LogP contribution in [0.4, 0.5) is 11.8 Å². The molecule has 1 N–H and O–H groups in total. The zero-order chi connectivity index (χ0) is 19.8. The van der Waals surface area contributed by atoms with E-state index in [1.54, 1.807) is 0 Å². The second-order valence-electron chi connectivity index (χ2n) is 7.43. The highest BCUT2D eigenvalue weighted by atomic mass is 16.7. The summed E-state index contributed by atoms with van der Waals surface area (Å²) in [6.07, 6.45) is 1.84. The summed E-state index contributed by atoms with van der Waals surface area (Å²) in [6.45, 7) is 8.07. The fraction of sp³-hybridized carbons (Fsp3) is 0.450. The van der Waals surface area contributed by atoms with Gasteiger partial charge in [0.05, 0.1) is 19.5 Å². The molecule has 4 heterocycles. The molecule has 0 spiro atoms. The second-order valence-corrected chi connectivity index (χ2v) is 7.43. The van der Waals surface area contributed by atoms with E-state index in [9.17, 15) is 0 Å². The summed E-state index contributed by atoms with van der Waals surface area (Å²) in [5.74, 6) is 2.99. The third-order valence-corrected chi connectivity index (χ3v) is 5.16. The van der Waals surface area contributed by atoms with E-state index in [0.29, 0.717) is 25.7 Å². The summed E-state index contributed by atoms with van der Waals surface area (Å²) in [5, 5.41) is 3.36. The van der Waals surface area contributed by atoms with Crippen molar-refractivity contribution in [2.75, 3.05) is 43.3 Å². The summed E-state index contributed by atoms with van der Waals surface area (Å²) in [5.41, 5.74) is 2.74. The van der Waals surface area contributed by atoms with Crippen molar-refractivity contribution >= 4 is 22.9 Å². The Morgan fingerprint density at radius 2 is 1.93 bits per heavy atom. The highest BCUT2D eigenvalue weighted by Crippen LogP contribution is 2.33. The smallest absolute Gasteiger partial charge is 0.231 e. The summed E-state index contributed by atoms with van der Waals surface area (Å²) in [4.78, 5) is 16.4. The largest absolute Gasteiger partial charge is 0.454 e. The first-order valence-corrected chi connectivity index (χ1v) is 9.89. The predicted octanol–water partition coefficient (Wildman–Crippen LogP) is 2.58. The Bertz CT molecular complexity index is 1030. The van der Waals surface area contributed by atoms with Crippen molar-refractivity contribution in [3.05, 3.63) is 30.1 Å². The maximum Gasteiger partial charge on any atom is 0.231 e. The number of imidazole rings is 1. The Balaban J connectivity index is 1.46. The zero-order valence-electron chi connectivity index (χ0n) is 16.6. The van der Waals surface area contributed by atoms with Crippen molar-refractivity contribution in [1.82, 2.24) is 19.5 Å². The molecule has 0 radical (unpaired) electrons. The van der Waals surface area contributed by atoms with E-state index in [2.05, 4.69) is 33.6 Å². The molecular formula is C20H24N6O3. The number of fused-ring (bicyclic) bond motifs is 2. The third kappa shape index (κ3) is 3.42. The van der Waals surface area contributed by atoms with Gasteiger partial charge in [-0.15, -0.1) is 0 Å². The number of benzene rings is 1. The third-order valence-electron chi connectivity index (χ3n) is 5.16. The average molecular weight is 396 g/mol. The van der Waals surface area contributed by atoms with Crippen molar-refractivity contribution in [2.24, 2.45) is 0 Å². The number of morpholine rings is 1. The Labute approximate surface area is 168 Å². The van der Waals surface area contributed by atoms with Crippen LogP contribution in [0.1, 0.15) is 25.5 Å². The quantitative estimate of drug-likeness (QED) is 0.704. The van der Waals surface area contributed by atoms with Crippen LogP contribution in [0.15, 0.2) is 24.5 Å². The molecule has 2 aliphatic heterocycles. The molecule has 2 aliphatic rings. The van der Waals surface area contributed by atoms with Gasteiger partial charge in [0.2, 0.25) is 12.7 Å². The van der Waals surface area contributed by atoms with Crippen LogP contribution >= 0.6 is 0 Å². The highest BCUT2D eigenvalue weighted by Gasteiger charge is 2.21. The Morgan fingerprint density at radius 1 is 1.10 bits per heavy atom. The van der Waals surface area contributed by atoms with Crippen molar-refractivity contribution in [1.29, 1.82) is 0 Å². The first-order chi connectivity index (χ1) is 14.2. The SMILES string of the molecule is CC(C)n1cnc2c(N3CCOCC3)nc(NCc3ccc4c(c3)OCO4)nc21.